The fraction of sp³-hybridized carbons (Fsp3) is 0.182. The zero-order chi connectivity index (χ0) is 19.8. The lowest BCUT2D eigenvalue weighted by atomic mass is 10.2. The number of pyridine rings is 1. The minimum atomic E-state index is -0.320. The molecule has 0 atom stereocenters. The number of nitrogens with zero attached hydrogens (tertiary/aromatic N) is 2. The van der Waals surface area contributed by atoms with Crippen LogP contribution in [0.5, 0.6) is 11.8 Å². The molecular formula is C22H22N2O4. The number of hydroxylamine groups is 2. The molecule has 0 saturated heterocycles. The summed E-state index contributed by atoms with van der Waals surface area (Å²) in [7, 11) is 2.97. The zero-order valence-electron chi connectivity index (χ0n) is 15.9. The van der Waals surface area contributed by atoms with E-state index in [1.807, 2.05) is 60.7 Å². The molecule has 0 spiro atoms. The highest BCUT2D eigenvalue weighted by Gasteiger charge is 2.16. The standard InChI is InChI=1S/C22H22N2O4/c1-24(26-2)22(25)19-13-20(27-15-17-9-5-3-6-10-17)23-21(14-19)28-16-18-11-7-4-8-12-18/h3-14H,15-16H2,1-2H3. The van der Waals surface area contributed by atoms with E-state index >= 15 is 0 Å². The van der Waals surface area contributed by atoms with Gasteiger partial charge in [-0.2, -0.15) is 4.98 Å². The Morgan fingerprint density at radius 1 is 0.857 bits per heavy atom. The van der Waals surface area contributed by atoms with Crippen molar-refractivity contribution in [2.75, 3.05) is 14.2 Å². The van der Waals surface area contributed by atoms with Crippen molar-refractivity contribution in [3.05, 3.63) is 89.5 Å². The third-order valence-electron chi connectivity index (χ3n) is 4.04. The van der Waals surface area contributed by atoms with Crippen LogP contribution in [0.1, 0.15) is 21.5 Å². The first-order valence-electron chi connectivity index (χ1n) is 8.83. The van der Waals surface area contributed by atoms with Gasteiger partial charge in [0.15, 0.2) is 0 Å². The Bertz CT molecular complexity index is 839. The van der Waals surface area contributed by atoms with Gasteiger partial charge in [-0.05, 0) is 11.1 Å². The Kier molecular flexibility index (Phi) is 6.59. The Morgan fingerprint density at radius 2 is 1.32 bits per heavy atom. The molecule has 1 aromatic heterocycles. The quantitative estimate of drug-likeness (QED) is 0.557. The number of aromatic nitrogens is 1. The fourth-order valence-electron chi connectivity index (χ4n) is 2.48. The van der Waals surface area contributed by atoms with E-state index in [2.05, 4.69) is 4.98 Å². The third-order valence-corrected chi connectivity index (χ3v) is 4.04. The van der Waals surface area contributed by atoms with Gasteiger partial charge in [0.1, 0.15) is 13.2 Å². The van der Waals surface area contributed by atoms with Crippen LogP contribution in [0.3, 0.4) is 0 Å². The lowest BCUT2D eigenvalue weighted by Gasteiger charge is -2.15. The van der Waals surface area contributed by atoms with E-state index in [9.17, 15) is 4.79 Å². The van der Waals surface area contributed by atoms with Crippen molar-refractivity contribution in [2.24, 2.45) is 0 Å². The van der Waals surface area contributed by atoms with Gasteiger partial charge in [-0.25, -0.2) is 5.06 Å². The van der Waals surface area contributed by atoms with Crippen molar-refractivity contribution < 1.29 is 19.1 Å². The number of carbonyl (C=O) groups excluding carboxylic acids is 1. The summed E-state index contributed by atoms with van der Waals surface area (Å²) in [5.74, 6) is 0.295. The summed E-state index contributed by atoms with van der Waals surface area (Å²) in [6.45, 7) is 0.674. The molecule has 6 nitrogen and oxygen atoms in total. The molecule has 0 fully saturated rings. The monoisotopic (exact) mass is 378 g/mol. The first-order valence-corrected chi connectivity index (χ1v) is 8.83. The Hall–Kier alpha value is -3.38. The summed E-state index contributed by atoms with van der Waals surface area (Å²) >= 11 is 0. The van der Waals surface area contributed by atoms with Crippen LogP contribution in [0.2, 0.25) is 0 Å². The van der Waals surface area contributed by atoms with Gasteiger partial charge in [-0.1, -0.05) is 60.7 Å². The molecule has 0 aliphatic heterocycles. The summed E-state index contributed by atoms with van der Waals surface area (Å²) < 4.78 is 11.6. The molecule has 0 radical (unpaired) electrons. The summed E-state index contributed by atoms with van der Waals surface area (Å²) in [5, 5.41) is 1.14. The molecule has 144 valence electrons. The topological polar surface area (TPSA) is 60.9 Å². The normalized spacial score (nSPS) is 10.4. The molecule has 1 amide bonds. The second-order valence-corrected chi connectivity index (χ2v) is 6.07. The van der Waals surface area contributed by atoms with Crippen LogP contribution in [-0.2, 0) is 18.1 Å². The summed E-state index contributed by atoms with van der Waals surface area (Å²) in [6, 6.07) is 22.6. The highest BCUT2D eigenvalue weighted by Crippen LogP contribution is 2.21. The molecular weight excluding hydrogens is 356 g/mol. The van der Waals surface area contributed by atoms with Gasteiger partial charge in [0.2, 0.25) is 11.8 Å². The molecule has 1 heterocycles. The van der Waals surface area contributed by atoms with Crippen molar-refractivity contribution in [3.63, 3.8) is 0 Å². The molecule has 3 rings (SSSR count). The fourth-order valence-corrected chi connectivity index (χ4v) is 2.48. The van der Waals surface area contributed by atoms with Crippen LogP contribution in [0.25, 0.3) is 0 Å². The van der Waals surface area contributed by atoms with Crippen LogP contribution in [0, 0.1) is 0 Å². The Morgan fingerprint density at radius 3 is 1.75 bits per heavy atom. The van der Waals surface area contributed by atoms with E-state index in [-0.39, 0.29) is 5.91 Å². The van der Waals surface area contributed by atoms with Gasteiger partial charge in [0, 0.05) is 19.2 Å². The molecule has 28 heavy (non-hydrogen) atoms. The molecule has 0 aliphatic rings. The second-order valence-electron chi connectivity index (χ2n) is 6.07. The molecule has 3 aromatic rings. The summed E-state index contributed by atoms with van der Waals surface area (Å²) in [4.78, 5) is 21.9. The van der Waals surface area contributed by atoms with E-state index in [1.165, 1.54) is 14.2 Å². The first-order chi connectivity index (χ1) is 13.7. The molecule has 0 bridgehead atoms. The predicted octanol–water partition coefficient (Wildman–Crippen LogP) is 3.87. The van der Waals surface area contributed by atoms with Crippen LogP contribution in [0.4, 0.5) is 0 Å². The number of amides is 1. The average Bonchev–Trinajstić information content (AvgIpc) is 2.76. The van der Waals surface area contributed by atoms with E-state index in [0.717, 1.165) is 16.2 Å². The SMILES string of the molecule is CON(C)C(=O)c1cc(OCc2ccccc2)nc(OCc2ccccc2)c1. The Labute approximate surface area is 164 Å². The lowest BCUT2D eigenvalue weighted by molar-refractivity contribution is -0.0757. The predicted molar refractivity (Wildman–Crippen MR) is 105 cm³/mol. The summed E-state index contributed by atoms with van der Waals surface area (Å²) in [5.41, 5.74) is 2.37. The number of ether oxygens (including phenoxy) is 2. The van der Waals surface area contributed by atoms with Gasteiger partial charge in [0.25, 0.3) is 5.91 Å². The van der Waals surface area contributed by atoms with E-state index in [0.29, 0.717) is 30.5 Å². The van der Waals surface area contributed by atoms with Crippen molar-refractivity contribution in [1.82, 2.24) is 10.0 Å². The number of hydrogen-bond acceptors (Lipinski definition) is 5. The maximum atomic E-state index is 12.5. The molecule has 6 heteroatoms. The smallest absolute Gasteiger partial charge is 0.277 e. The maximum Gasteiger partial charge on any atom is 0.277 e. The molecule has 0 aliphatic carbocycles. The van der Waals surface area contributed by atoms with Crippen molar-refractivity contribution in [2.45, 2.75) is 13.2 Å². The maximum absolute atomic E-state index is 12.5. The second kappa shape index (κ2) is 9.53. The average molecular weight is 378 g/mol. The molecule has 0 N–H and O–H groups in total. The van der Waals surface area contributed by atoms with Crippen molar-refractivity contribution in [1.29, 1.82) is 0 Å². The van der Waals surface area contributed by atoms with Gasteiger partial charge >= 0.3 is 0 Å². The van der Waals surface area contributed by atoms with Gasteiger partial charge in [0.05, 0.1) is 12.7 Å². The van der Waals surface area contributed by atoms with Crippen molar-refractivity contribution >= 4 is 5.91 Å². The zero-order valence-corrected chi connectivity index (χ0v) is 15.9. The van der Waals surface area contributed by atoms with Gasteiger partial charge in [-0.3, -0.25) is 9.63 Å². The van der Waals surface area contributed by atoms with Crippen LogP contribution >= 0.6 is 0 Å². The van der Waals surface area contributed by atoms with Gasteiger partial charge in [-0.15, -0.1) is 0 Å². The van der Waals surface area contributed by atoms with Crippen molar-refractivity contribution in [3.8, 4) is 11.8 Å². The number of rotatable bonds is 8. The number of benzene rings is 2. The molecule has 0 saturated carbocycles. The number of hydrogen-bond donors (Lipinski definition) is 0. The minimum absolute atomic E-state index is 0.308. The van der Waals surface area contributed by atoms with E-state index < -0.39 is 0 Å². The van der Waals surface area contributed by atoms with Crippen LogP contribution in [-0.4, -0.2) is 30.1 Å². The molecule has 0 unspecified atom stereocenters. The van der Waals surface area contributed by atoms with E-state index in [4.69, 9.17) is 14.3 Å². The first kappa shape index (κ1) is 19.4. The van der Waals surface area contributed by atoms with E-state index in [1.54, 1.807) is 12.1 Å². The summed E-state index contributed by atoms with van der Waals surface area (Å²) in [6.07, 6.45) is 0. The third kappa shape index (κ3) is 5.31. The minimum Gasteiger partial charge on any atom is -0.473 e. The highest BCUT2D eigenvalue weighted by molar-refractivity contribution is 5.93. The lowest BCUT2D eigenvalue weighted by Crippen LogP contribution is -2.25. The van der Waals surface area contributed by atoms with Crippen LogP contribution < -0.4 is 9.47 Å². The highest BCUT2D eigenvalue weighted by atomic mass is 16.7. The number of carbonyl (C=O) groups is 1. The Balaban J connectivity index is 1.79. The van der Waals surface area contributed by atoms with Crippen LogP contribution in [0.15, 0.2) is 72.8 Å². The van der Waals surface area contributed by atoms with Gasteiger partial charge < -0.3 is 9.47 Å². The molecule has 2 aromatic carbocycles. The largest absolute Gasteiger partial charge is 0.473 e.